The molecule has 2 heterocycles. The molecule has 6 nitrogen and oxygen atoms in total. The third-order valence-corrected chi connectivity index (χ3v) is 5.94. The molecule has 4 rings (SSSR count). The van der Waals surface area contributed by atoms with Crippen molar-refractivity contribution in [3.05, 3.63) is 74.3 Å². The van der Waals surface area contributed by atoms with Gasteiger partial charge in [-0.3, -0.25) is 4.79 Å². The number of hydrazone groups is 1. The maximum Gasteiger partial charge on any atom is 0.274 e. The van der Waals surface area contributed by atoms with Gasteiger partial charge in [-0.25, -0.2) is 5.43 Å². The first-order valence-electron chi connectivity index (χ1n) is 10.1. The SMILES string of the molecule is Cc1occc1C(=O)N/N=C/C1=C(N2CCOCC2)C(=C/c2ccc(Cl)cc2Cl)/CC1. The molecular weight excluding hydrogens is 437 g/mol. The number of furan rings is 1. The van der Waals surface area contributed by atoms with E-state index in [9.17, 15) is 4.79 Å². The zero-order valence-electron chi connectivity index (χ0n) is 17.2. The molecular formula is C23H23Cl2N3O3. The minimum Gasteiger partial charge on any atom is -0.469 e. The Morgan fingerprint density at radius 1 is 1.19 bits per heavy atom. The van der Waals surface area contributed by atoms with Crippen LogP contribution in [0.5, 0.6) is 0 Å². The number of amides is 1. The average molecular weight is 460 g/mol. The summed E-state index contributed by atoms with van der Waals surface area (Å²) in [5.74, 6) is 0.268. The van der Waals surface area contributed by atoms with Crippen LogP contribution in [0.1, 0.15) is 34.5 Å². The molecule has 1 N–H and O–H groups in total. The number of hydrogen-bond donors (Lipinski definition) is 1. The number of benzene rings is 1. The second kappa shape index (κ2) is 9.73. The fourth-order valence-electron chi connectivity index (χ4n) is 3.83. The summed E-state index contributed by atoms with van der Waals surface area (Å²) in [6, 6.07) is 7.14. The van der Waals surface area contributed by atoms with Crippen LogP contribution in [0.25, 0.3) is 6.08 Å². The van der Waals surface area contributed by atoms with Crippen LogP contribution in [0.3, 0.4) is 0 Å². The van der Waals surface area contributed by atoms with E-state index in [-0.39, 0.29) is 5.91 Å². The van der Waals surface area contributed by atoms with Crippen molar-refractivity contribution in [1.29, 1.82) is 0 Å². The van der Waals surface area contributed by atoms with E-state index >= 15 is 0 Å². The van der Waals surface area contributed by atoms with Gasteiger partial charge < -0.3 is 14.1 Å². The van der Waals surface area contributed by atoms with Gasteiger partial charge in [-0.15, -0.1) is 0 Å². The Morgan fingerprint density at radius 3 is 2.71 bits per heavy atom. The number of aryl methyl sites for hydroxylation is 1. The molecule has 1 aromatic heterocycles. The first kappa shape index (κ1) is 21.7. The van der Waals surface area contributed by atoms with E-state index in [1.165, 1.54) is 11.8 Å². The summed E-state index contributed by atoms with van der Waals surface area (Å²) in [7, 11) is 0. The topological polar surface area (TPSA) is 67.1 Å². The maximum absolute atomic E-state index is 12.3. The average Bonchev–Trinajstić information content (AvgIpc) is 3.37. The summed E-state index contributed by atoms with van der Waals surface area (Å²) in [5.41, 5.74) is 7.38. The molecule has 2 aromatic rings. The Bertz CT molecular complexity index is 1070. The number of ether oxygens (including phenoxy) is 1. The van der Waals surface area contributed by atoms with Crippen LogP contribution in [-0.2, 0) is 4.74 Å². The van der Waals surface area contributed by atoms with Gasteiger partial charge in [0.05, 0.1) is 31.3 Å². The predicted octanol–water partition coefficient (Wildman–Crippen LogP) is 5.07. The van der Waals surface area contributed by atoms with E-state index in [1.54, 1.807) is 25.3 Å². The smallest absolute Gasteiger partial charge is 0.274 e. The summed E-state index contributed by atoms with van der Waals surface area (Å²) < 4.78 is 10.7. The van der Waals surface area contributed by atoms with Gasteiger partial charge in [0.25, 0.3) is 5.91 Å². The van der Waals surface area contributed by atoms with Gasteiger partial charge in [-0.2, -0.15) is 5.10 Å². The minimum atomic E-state index is -0.294. The van der Waals surface area contributed by atoms with Crippen molar-refractivity contribution in [2.24, 2.45) is 5.10 Å². The number of nitrogens with one attached hydrogen (secondary N) is 1. The van der Waals surface area contributed by atoms with Crippen LogP contribution in [0.2, 0.25) is 10.0 Å². The van der Waals surface area contributed by atoms with E-state index in [1.807, 2.05) is 12.1 Å². The van der Waals surface area contributed by atoms with E-state index in [4.69, 9.17) is 32.4 Å². The Labute approximate surface area is 191 Å². The molecule has 1 fully saturated rings. The molecule has 1 amide bonds. The molecule has 0 spiro atoms. The van der Waals surface area contributed by atoms with Gasteiger partial charge in [0, 0.05) is 28.8 Å². The van der Waals surface area contributed by atoms with Crippen molar-refractivity contribution < 1.29 is 13.9 Å². The maximum atomic E-state index is 12.3. The Morgan fingerprint density at radius 2 is 2.00 bits per heavy atom. The lowest BCUT2D eigenvalue weighted by Crippen LogP contribution is -2.36. The van der Waals surface area contributed by atoms with Crippen LogP contribution in [0.15, 0.2) is 56.9 Å². The van der Waals surface area contributed by atoms with Crippen LogP contribution >= 0.6 is 23.2 Å². The molecule has 0 atom stereocenters. The monoisotopic (exact) mass is 459 g/mol. The van der Waals surface area contributed by atoms with Gasteiger partial charge in [-0.1, -0.05) is 29.3 Å². The highest BCUT2D eigenvalue weighted by molar-refractivity contribution is 6.35. The Balaban J connectivity index is 1.60. The lowest BCUT2D eigenvalue weighted by Gasteiger charge is -2.31. The zero-order valence-corrected chi connectivity index (χ0v) is 18.7. The summed E-state index contributed by atoms with van der Waals surface area (Å²) in [4.78, 5) is 14.6. The molecule has 1 aliphatic heterocycles. The van der Waals surface area contributed by atoms with E-state index < -0.39 is 0 Å². The highest BCUT2D eigenvalue weighted by Gasteiger charge is 2.25. The van der Waals surface area contributed by atoms with Crippen LogP contribution in [0, 0.1) is 6.92 Å². The van der Waals surface area contributed by atoms with Crippen LogP contribution in [0.4, 0.5) is 0 Å². The highest BCUT2D eigenvalue weighted by Crippen LogP contribution is 2.36. The lowest BCUT2D eigenvalue weighted by atomic mass is 10.1. The molecule has 162 valence electrons. The zero-order chi connectivity index (χ0) is 21.8. The quantitative estimate of drug-likeness (QED) is 0.500. The normalized spacial score (nSPS) is 18.4. The standard InChI is InChI=1S/C23H23Cl2N3O3/c1-15-20(6-9-31-15)23(29)27-26-14-18-3-2-17(22(18)28-7-10-30-11-8-28)12-16-4-5-19(24)13-21(16)25/h4-6,9,12-14H,2-3,7-8,10-11H2,1H3,(H,27,29)/b17-12+,26-14+. The number of halogens is 2. The number of morpholine rings is 1. The van der Waals surface area contributed by atoms with Crippen molar-refractivity contribution in [2.75, 3.05) is 26.3 Å². The third-order valence-electron chi connectivity index (χ3n) is 5.38. The van der Waals surface area contributed by atoms with E-state index in [2.05, 4.69) is 21.5 Å². The van der Waals surface area contributed by atoms with E-state index in [0.717, 1.165) is 42.8 Å². The summed E-state index contributed by atoms with van der Waals surface area (Å²) in [6.45, 7) is 4.71. The Hall–Kier alpha value is -2.54. The molecule has 0 unspecified atom stereocenters. The Kier molecular flexibility index (Phi) is 6.80. The van der Waals surface area contributed by atoms with Gasteiger partial charge in [0.15, 0.2) is 0 Å². The van der Waals surface area contributed by atoms with Gasteiger partial charge in [0.2, 0.25) is 0 Å². The summed E-state index contributed by atoms with van der Waals surface area (Å²) in [5, 5.41) is 5.44. The van der Waals surface area contributed by atoms with Crippen molar-refractivity contribution in [2.45, 2.75) is 19.8 Å². The van der Waals surface area contributed by atoms with Crippen molar-refractivity contribution in [3.63, 3.8) is 0 Å². The molecule has 0 bridgehead atoms. The molecule has 1 aromatic carbocycles. The second-order valence-electron chi connectivity index (χ2n) is 7.40. The molecule has 1 saturated heterocycles. The van der Waals surface area contributed by atoms with Gasteiger partial charge >= 0.3 is 0 Å². The fraction of sp³-hybridized carbons (Fsp3) is 0.304. The molecule has 0 saturated carbocycles. The third kappa shape index (κ3) is 5.03. The minimum absolute atomic E-state index is 0.294. The van der Waals surface area contributed by atoms with Crippen LogP contribution in [-0.4, -0.2) is 43.3 Å². The second-order valence-corrected chi connectivity index (χ2v) is 8.24. The molecule has 0 radical (unpaired) electrons. The first-order valence-corrected chi connectivity index (χ1v) is 10.9. The van der Waals surface area contributed by atoms with Crippen molar-refractivity contribution in [1.82, 2.24) is 10.3 Å². The molecule has 31 heavy (non-hydrogen) atoms. The van der Waals surface area contributed by atoms with Gasteiger partial charge in [0.1, 0.15) is 5.76 Å². The number of nitrogens with zero attached hydrogens (tertiary/aromatic N) is 2. The van der Waals surface area contributed by atoms with E-state index in [0.29, 0.717) is 34.6 Å². The largest absolute Gasteiger partial charge is 0.469 e. The first-order chi connectivity index (χ1) is 15.0. The van der Waals surface area contributed by atoms with Gasteiger partial charge in [-0.05, 0) is 60.8 Å². The molecule has 1 aliphatic carbocycles. The number of allylic oxidation sites excluding steroid dienone is 2. The fourth-order valence-corrected chi connectivity index (χ4v) is 4.29. The highest BCUT2D eigenvalue weighted by atomic mass is 35.5. The van der Waals surface area contributed by atoms with Crippen LogP contribution < -0.4 is 5.43 Å². The number of carbonyl (C=O) groups excluding carboxylic acids is 1. The number of rotatable bonds is 5. The molecule has 8 heteroatoms. The lowest BCUT2D eigenvalue weighted by molar-refractivity contribution is 0.0548. The molecule has 2 aliphatic rings. The number of carbonyl (C=O) groups is 1. The summed E-state index contributed by atoms with van der Waals surface area (Å²) in [6.07, 6.45) is 7.03. The predicted molar refractivity (Wildman–Crippen MR) is 122 cm³/mol. The number of hydrogen-bond acceptors (Lipinski definition) is 5. The van der Waals surface area contributed by atoms with Crippen molar-refractivity contribution in [3.8, 4) is 0 Å². The summed E-state index contributed by atoms with van der Waals surface area (Å²) >= 11 is 12.4. The van der Waals surface area contributed by atoms with Crippen molar-refractivity contribution >= 4 is 41.4 Å².